The third kappa shape index (κ3) is 2.96. The van der Waals surface area contributed by atoms with Crippen molar-refractivity contribution in [3.05, 3.63) is 69.5 Å². The molecule has 1 unspecified atom stereocenters. The van der Waals surface area contributed by atoms with Gasteiger partial charge in [0.15, 0.2) is 0 Å². The molecule has 23 heavy (non-hydrogen) atoms. The third-order valence-electron chi connectivity index (χ3n) is 4.52. The molecule has 1 saturated heterocycles. The van der Waals surface area contributed by atoms with Gasteiger partial charge in [-0.25, -0.2) is 0 Å². The highest BCUT2D eigenvalue weighted by Gasteiger charge is 2.27. The van der Waals surface area contributed by atoms with Crippen molar-refractivity contribution in [2.75, 3.05) is 26.2 Å². The van der Waals surface area contributed by atoms with Crippen LogP contribution in [0.2, 0.25) is 0 Å². The minimum absolute atomic E-state index is 0.309. The highest BCUT2D eigenvalue weighted by Crippen LogP contribution is 2.39. The van der Waals surface area contributed by atoms with Gasteiger partial charge < -0.3 is 5.32 Å². The van der Waals surface area contributed by atoms with E-state index in [2.05, 4.69) is 80.1 Å². The zero-order chi connectivity index (χ0) is 15.6. The van der Waals surface area contributed by atoms with Gasteiger partial charge in [0.05, 0.1) is 6.04 Å². The number of hydrogen-bond donors (Lipinski definition) is 1. The Morgan fingerprint density at radius 1 is 0.957 bits per heavy atom. The van der Waals surface area contributed by atoms with Crippen LogP contribution in [0.3, 0.4) is 0 Å². The van der Waals surface area contributed by atoms with Gasteiger partial charge in [-0.2, -0.15) is 0 Å². The van der Waals surface area contributed by atoms with Crippen LogP contribution in [0.5, 0.6) is 0 Å². The van der Waals surface area contributed by atoms with Crippen molar-refractivity contribution in [2.24, 2.45) is 0 Å². The summed E-state index contributed by atoms with van der Waals surface area (Å²) >= 11 is 5.62. The average molecular weight is 387 g/mol. The van der Waals surface area contributed by atoms with Crippen molar-refractivity contribution in [3.63, 3.8) is 0 Å². The largest absolute Gasteiger partial charge is 0.314 e. The lowest BCUT2D eigenvalue weighted by molar-refractivity contribution is 0.199. The molecule has 4 rings (SSSR count). The first-order valence-electron chi connectivity index (χ1n) is 8.00. The number of halogens is 1. The van der Waals surface area contributed by atoms with Crippen molar-refractivity contribution in [1.82, 2.24) is 10.2 Å². The second-order valence-electron chi connectivity index (χ2n) is 5.90. The van der Waals surface area contributed by atoms with Gasteiger partial charge in [-0.3, -0.25) is 4.90 Å². The Morgan fingerprint density at radius 3 is 2.52 bits per heavy atom. The molecule has 1 atom stereocenters. The predicted octanol–water partition coefficient (Wildman–Crippen LogP) is 4.66. The molecule has 3 aromatic rings. The summed E-state index contributed by atoms with van der Waals surface area (Å²) in [6, 6.07) is 17.7. The van der Waals surface area contributed by atoms with Crippen LogP contribution in [0.15, 0.2) is 58.4 Å². The van der Waals surface area contributed by atoms with E-state index in [0.717, 1.165) is 26.2 Å². The smallest absolute Gasteiger partial charge is 0.0628 e. The predicted molar refractivity (Wildman–Crippen MR) is 102 cm³/mol. The molecule has 2 nitrogen and oxygen atoms in total. The van der Waals surface area contributed by atoms with E-state index in [0.29, 0.717) is 6.04 Å². The fourth-order valence-electron chi connectivity index (χ4n) is 3.41. The molecule has 2 aromatic carbocycles. The first-order chi connectivity index (χ1) is 11.3. The maximum Gasteiger partial charge on any atom is 0.0628 e. The summed E-state index contributed by atoms with van der Waals surface area (Å²) in [5, 5.41) is 7.20. The van der Waals surface area contributed by atoms with Crippen LogP contribution < -0.4 is 5.32 Å². The molecule has 0 radical (unpaired) electrons. The second-order valence-corrected chi connectivity index (χ2v) is 7.66. The zero-order valence-electron chi connectivity index (χ0n) is 12.8. The van der Waals surface area contributed by atoms with Gasteiger partial charge in [0.25, 0.3) is 0 Å². The molecule has 1 aliphatic rings. The molecular weight excluding hydrogens is 368 g/mol. The molecule has 1 aromatic heterocycles. The van der Waals surface area contributed by atoms with Crippen molar-refractivity contribution in [2.45, 2.75) is 6.04 Å². The van der Waals surface area contributed by atoms with Crippen LogP contribution in [0.4, 0.5) is 0 Å². The minimum atomic E-state index is 0.309. The van der Waals surface area contributed by atoms with E-state index in [4.69, 9.17) is 0 Å². The van der Waals surface area contributed by atoms with E-state index in [9.17, 15) is 0 Å². The van der Waals surface area contributed by atoms with Crippen LogP contribution in [0, 0.1) is 0 Å². The number of thiophene rings is 1. The lowest BCUT2D eigenvalue weighted by Gasteiger charge is -2.35. The topological polar surface area (TPSA) is 15.3 Å². The Labute approximate surface area is 149 Å². The van der Waals surface area contributed by atoms with E-state index in [1.165, 1.54) is 25.7 Å². The van der Waals surface area contributed by atoms with Gasteiger partial charge in [-0.05, 0) is 34.0 Å². The van der Waals surface area contributed by atoms with Crippen molar-refractivity contribution in [1.29, 1.82) is 0 Å². The number of benzene rings is 2. The lowest BCUT2D eigenvalue weighted by atomic mass is 9.96. The quantitative estimate of drug-likeness (QED) is 0.703. The first-order valence-corrected chi connectivity index (χ1v) is 9.67. The lowest BCUT2D eigenvalue weighted by Crippen LogP contribution is -2.45. The molecule has 1 aliphatic heterocycles. The number of nitrogens with zero attached hydrogens (tertiary/aromatic N) is 1. The molecule has 4 heteroatoms. The van der Waals surface area contributed by atoms with Gasteiger partial charge in [0.2, 0.25) is 0 Å². The summed E-state index contributed by atoms with van der Waals surface area (Å²) in [6.07, 6.45) is 0. The number of piperazine rings is 1. The van der Waals surface area contributed by atoms with E-state index in [1.807, 2.05) is 11.3 Å². The van der Waals surface area contributed by atoms with Gasteiger partial charge in [0, 0.05) is 35.4 Å². The highest BCUT2D eigenvalue weighted by molar-refractivity contribution is 9.10. The van der Waals surface area contributed by atoms with E-state index in [1.54, 1.807) is 0 Å². The maximum absolute atomic E-state index is 3.77. The Hall–Kier alpha value is -1.20. The monoisotopic (exact) mass is 386 g/mol. The fourth-order valence-corrected chi connectivity index (χ4v) is 4.89. The summed E-state index contributed by atoms with van der Waals surface area (Å²) in [7, 11) is 0. The van der Waals surface area contributed by atoms with Gasteiger partial charge >= 0.3 is 0 Å². The Kier molecular flexibility index (Phi) is 4.49. The van der Waals surface area contributed by atoms with Gasteiger partial charge in [-0.1, -0.05) is 52.3 Å². The van der Waals surface area contributed by atoms with Crippen LogP contribution in [0.25, 0.3) is 10.1 Å². The molecular formula is C19H19BrN2S. The number of fused-ring (bicyclic) bond motifs is 1. The molecule has 0 saturated carbocycles. The fraction of sp³-hybridized carbons (Fsp3) is 0.263. The first kappa shape index (κ1) is 15.3. The second kappa shape index (κ2) is 6.73. The average Bonchev–Trinajstić information content (AvgIpc) is 3.02. The molecule has 0 amide bonds. The molecule has 0 bridgehead atoms. The molecule has 1 N–H and O–H groups in total. The number of nitrogens with one attached hydrogen (secondary N) is 1. The minimum Gasteiger partial charge on any atom is -0.314 e. The Morgan fingerprint density at radius 2 is 1.70 bits per heavy atom. The highest BCUT2D eigenvalue weighted by atomic mass is 79.9. The third-order valence-corrected chi connectivity index (χ3v) is 6.23. The van der Waals surface area contributed by atoms with Crippen molar-refractivity contribution >= 4 is 37.4 Å². The van der Waals surface area contributed by atoms with E-state index < -0.39 is 0 Å². The van der Waals surface area contributed by atoms with E-state index >= 15 is 0 Å². The Bertz CT molecular complexity index is 808. The summed E-state index contributed by atoms with van der Waals surface area (Å²) in [4.78, 5) is 2.60. The Balaban J connectivity index is 1.86. The van der Waals surface area contributed by atoms with Crippen LogP contribution in [0.1, 0.15) is 17.2 Å². The zero-order valence-corrected chi connectivity index (χ0v) is 15.2. The maximum atomic E-state index is 3.77. The summed E-state index contributed by atoms with van der Waals surface area (Å²) in [6.45, 7) is 4.28. The van der Waals surface area contributed by atoms with Crippen molar-refractivity contribution < 1.29 is 0 Å². The summed E-state index contributed by atoms with van der Waals surface area (Å²) < 4.78 is 2.56. The number of hydrogen-bond acceptors (Lipinski definition) is 3. The SMILES string of the molecule is Brc1ccccc1C(c1csc2ccccc12)N1CCNCC1. The summed E-state index contributed by atoms with van der Waals surface area (Å²) in [5.41, 5.74) is 2.79. The summed E-state index contributed by atoms with van der Waals surface area (Å²) in [5.74, 6) is 0. The number of rotatable bonds is 3. The van der Waals surface area contributed by atoms with Gasteiger partial charge in [0.1, 0.15) is 0 Å². The van der Waals surface area contributed by atoms with Crippen LogP contribution >= 0.6 is 27.3 Å². The van der Waals surface area contributed by atoms with E-state index in [-0.39, 0.29) is 0 Å². The van der Waals surface area contributed by atoms with Gasteiger partial charge in [-0.15, -0.1) is 11.3 Å². The standard InChI is InChI=1S/C19H19BrN2S/c20-17-7-3-1-6-15(17)19(22-11-9-21-10-12-22)16-13-23-18-8-4-2-5-14(16)18/h1-8,13,19,21H,9-12H2. The molecule has 118 valence electrons. The molecule has 1 fully saturated rings. The molecule has 0 aliphatic carbocycles. The van der Waals surface area contributed by atoms with Crippen molar-refractivity contribution in [3.8, 4) is 0 Å². The van der Waals surface area contributed by atoms with Crippen LogP contribution in [-0.4, -0.2) is 31.1 Å². The van der Waals surface area contributed by atoms with Crippen LogP contribution in [-0.2, 0) is 0 Å². The normalized spacial score (nSPS) is 17.4. The molecule has 0 spiro atoms. The molecule has 2 heterocycles.